The molecule has 3 N–H and O–H groups in total. The molecule has 0 amide bonds. The van der Waals surface area contributed by atoms with E-state index < -0.39 is 0 Å². The fourth-order valence-electron chi connectivity index (χ4n) is 2.81. The molecule has 0 saturated carbocycles. The summed E-state index contributed by atoms with van der Waals surface area (Å²) in [6, 6.07) is 8.16. The fraction of sp³-hybridized carbons (Fsp3) is 0.353. The second-order valence-corrected chi connectivity index (χ2v) is 6.02. The molecule has 0 unspecified atom stereocenters. The lowest BCUT2D eigenvalue weighted by atomic mass is 10.1. The third kappa shape index (κ3) is 3.39. The van der Waals surface area contributed by atoms with E-state index in [9.17, 15) is 0 Å². The number of hydrogen-bond donors (Lipinski definition) is 2. The second kappa shape index (κ2) is 6.72. The monoisotopic (exact) mass is 323 g/mol. The van der Waals surface area contributed by atoms with Gasteiger partial charge in [-0.1, -0.05) is 0 Å². The number of aryl methyl sites for hydroxylation is 1. The van der Waals surface area contributed by atoms with Gasteiger partial charge in [0.05, 0.1) is 6.20 Å². The molecular weight excluding hydrogens is 302 g/mol. The van der Waals surface area contributed by atoms with Gasteiger partial charge in [-0.05, 0) is 37.7 Å². The molecule has 0 spiro atoms. The van der Waals surface area contributed by atoms with E-state index in [-0.39, 0.29) is 11.4 Å². The van der Waals surface area contributed by atoms with Gasteiger partial charge < -0.3 is 20.9 Å². The summed E-state index contributed by atoms with van der Waals surface area (Å²) in [7, 11) is 2.15. The van der Waals surface area contributed by atoms with Gasteiger partial charge in [0, 0.05) is 37.6 Å². The van der Waals surface area contributed by atoms with Crippen molar-refractivity contribution in [3.05, 3.63) is 35.5 Å². The van der Waals surface area contributed by atoms with Crippen molar-refractivity contribution in [2.45, 2.75) is 6.92 Å². The zero-order chi connectivity index (χ0) is 17.1. The maximum Gasteiger partial charge on any atom is 0.229 e. The van der Waals surface area contributed by atoms with Crippen molar-refractivity contribution in [3.63, 3.8) is 0 Å². The number of nitrogens with two attached hydrogens (primary N) is 1. The van der Waals surface area contributed by atoms with E-state index in [1.54, 1.807) is 0 Å². The number of nitrogen functional groups attached to an aromatic ring is 1. The first-order valence-electron chi connectivity index (χ1n) is 7.90. The Kier molecular flexibility index (Phi) is 4.49. The van der Waals surface area contributed by atoms with Gasteiger partial charge in [-0.25, -0.2) is 4.98 Å². The van der Waals surface area contributed by atoms with Gasteiger partial charge in [0.2, 0.25) is 5.95 Å². The van der Waals surface area contributed by atoms with Crippen LogP contribution in [0.4, 0.5) is 23.1 Å². The zero-order valence-electron chi connectivity index (χ0n) is 14.0. The number of nitriles is 1. The first-order valence-corrected chi connectivity index (χ1v) is 7.90. The highest BCUT2D eigenvalue weighted by Crippen LogP contribution is 2.26. The van der Waals surface area contributed by atoms with Crippen LogP contribution in [0.5, 0.6) is 0 Å². The van der Waals surface area contributed by atoms with Gasteiger partial charge in [-0.15, -0.1) is 0 Å². The molecule has 1 aliphatic heterocycles. The van der Waals surface area contributed by atoms with Crippen molar-refractivity contribution in [2.75, 3.05) is 49.2 Å². The number of nitrogens with one attached hydrogen (secondary N) is 1. The van der Waals surface area contributed by atoms with E-state index in [1.807, 2.05) is 12.1 Å². The third-order valence-corrected chi connectivity index (χ3v) is 4.24. The Labute approximate surface area is 141 Å². The van der Waals surface area contributed by atoms with Gasteiger partial charge in [0.15, 0.2) is 0 Å². The molecule has 0 bridgehead atoms. The van der Waals surface area contributed by atoms with Crippen molar-refractivity contribution >= 4 is 23.1 Å². The lowest BCUT2D eigenvalue weighted by molar-refractivity contribution is 0.312. The summed E-state index contributed by atoms with van der Waals surface area (Å²) in [5, 5.41) is 12.0. The van der Waals surface area contributed by atoms with E-state index in [0.717, 1.165) is 31.9 Å². The predicted octanol–water partition coefficient (Wildman–Crippen LogP) is 1.73. The van der Waals surface area contributed by atoms with Crippen molar-refractivity contribution in [1.82, 2.24) is 14.9 Å². The molecule has 7 heteroatoms. The van der Waals surface area contributed by atoms with Gasteiger partial charge in [0.1, 0.15) is 17.5 Å². The van der Waals surface area contributed by atoms with Gasteiger partial charge in [0.25, 0.3) is 0 Å². The maximum absolute atomic E-state index is 8.87. The first-order chi connectivity index (χ1) is 11.6. The summed E-state index contributed by atoms with van der Waals surface area (Å²) in [4.78, 5) is 13.0. The normalized spacial score (nSPS) is 15.1. The molecule has 1 aliphatic rings. The van der Waals surface area contributed by atoms with Crippen LogP contribution in [0.3, 0.4) is 0 Å². The van der Waals surface area contributed by atoms with Gasteiger partial charge in [-0.3, -0.25) is 0 Å². The van der Waals surface area contributed by atoms with Crippen LogP contribution in [0.2, 0.25) is 0 Å². The molecule has 0 radical (unpaired) electrons. The Morgan fingerprint density at radius 3 is 2.62 bits per heavy atom. The average Bonchev–Trinajstić information content (AvgIpc) is 2.56. The molecule has 124 valence electrons. The van der Waals surface area contributed by atoms with Crippen LogP contribution in [0.15, 0.2) is 24.4 Å². The molecule has 0 aliphatic carbocycles. The summed E-state index contributed by atoms with van der Waals surface area (Å²) in [6.45, 7) is 6.35. The molecule has 1 aromatic heterocycles. The SMILES string of the molecule is Cc1cc(Nc2ncc(C#N)c(N)n2)ccc1N1CCN(C)CC1. The summed E-state index contributed by atoms with van der Waals surface area (Å²) in [5.74, 6) is 0.569. The third-order valence-electron chi connectivity index (χ3n) is 4.24. The minimum Gasteiger partial charge on any atom is -0.382 e. The summed E-state index contributed by atoms with van der Waals surface area (Å²) in [6.07, 6.45) is 1.43. The van der Waals surface area contributed by atoms with Gasteiger partial charge in [-0.2, -0.15) is 10.2 Å². The molecule has 2 heterocycles. The van der Waals surface area contributed by atoms with Crippen molar-refractivity contribution in [1.29, 1.82) is 5.26 Å². The summed E-state index contributed by atoms with van der Waals surface area (Å²) < 4.78 is 0. The smallest absolute Gasteiger partial charge is 0.229 e. The summed E-state index contributed by atoms with van der Waals surface area (Å²) >= 11 is 0. The minimum absolute atomic E-state index is 0.181. The highest BCUT2D eigenvalue weighted by molar-refractivity contribution is 5.64. The summed E-state index contributed by atoms with van der Waals surface area (Å²) in [5.41, 5.74) is 9.36. The van der Waals surface area contributed by atoms with E-state index in [1.165, 1.54) is 17.4 Å². The zero-order valence-corrected chi connectivity index (χ0v) is 14.0. The molecular formula is C17H21N7. The van der Waals surface area contributed by atoms with E-state index >= 15 is 0 Å². The standard InChI is InChI=1S/C17H21N7/c1-12-9-14(21-17-20-11-13(10-18)16(19)22-17)3-4-15(12)24-7-5-23(2)6-8-24/h3-4,9,11H,5-8H2,1-2H3,(H3,19,20,21,22). The lowest BCUT2D eigenvalue weighted by Crippen LogP contribution is -2.44. The number of piperazine rings is 1. The van der Waals surface area contributed by atoms with Crippen molar-refractivity contribution in [3.8, 4) is 6.07 Å². The van der Waals surface area contributed by atoms with Crippen LogP contribution in [-0.2, 0) is 0 Å². The van der Waals surface area contributed by atoms with Gasteiger partial charge >= 0.3 is 0 Å². The second-order valence-electron chi connectivity index (χ2n) is 6.02. The first kappa shape index (κ1) is 16.0. The van der Waals surface area contributed by atoms with Crippen molar-refractivity contribution in [2.24, 2.45) is 0 Å². The van der Waals surface area contributed by atoms with Crippen LogP contribution in [0.25, 0.3) is 0 Å². The highest BCUT2D eigenvalue weighted by atomic mass is 15.2. The fourth-order valence-corrected chi connectivity index (χ4v) is 2.81. The molecule has 3 rings (SSSR count). The molecule has 2 aromatic rings. The largest absolute Gasteiger partial charge is 0.382 e. The number of aromatic nitrogens is 2. The molecule has 1 saturated heterocycles. The lowest BCUT2D eigenvalue weighted by Gasteiger charge is -2.35. The number of likely N-dealkylation sites (N-methyl/N-ethyl adjacent to an activating group) is 1. The number of hydrogen-bond acceptors (Lipinski definition) is 7. The van der Waals surface area contributed by atoms with Crippen LogP contribution in [-0.4, -0.2) is 48.1 Å². The topological polar surface area (TPSA) is 94.1 Å². The van der Waals surface area contributed by atoms with Crippen LogP contribution >= 0.6 is 0 Å². The molecule has 1 aromatic carbocycles. The molecule has 1 fully saturated rings. The Bertz CT molecular complexity index is 773. The van der Waals surface area contributed by atoms with Crippen LogP contribution in [0, 0.1) is 18.3 Å². The maximum atomic E-state index is 8.87. The molecule has 24 heavy (non-hydrogen) atoms. The van der Waals surface area contributed by atoms with Crippen molar-refractivity contribution < 1.29 is 0 Å². The van der Waals surface area contributed by atoms with E-state index in [0.29, 0.717) is 5.95 Å². The van der Waals surface area contributed by atoms with E-state index in [4.69, 9.17) is 11.0 Å². The Hall–Kier alpha value is -2.85. The number of anilines is 4. The Morgan fingerprint density at radius 2 is 2.00 bits per heavy atom. The van der Waals surface area contributed by atoms with Crippen LogP contribution in [0.1, 0.15) is 11.1 Å². The average molecular weight is 323 g/mol. The minimum atomic E-state index is 0.181. The number of benzene rings is 1. The molecule has 7 nitrogen and oxygen atoms in total. The highest BCUT2D eigenvalue weighted by Gasteiger charge is 2.16. The van der Waals surface area contributed by atoms with E-state index in [2.05, 4.69) is 51.2 Å². The number of rotatable bonds is 3. The Morgan fingerprint density at radius 1 is 1.25 bits per heavy atom. The quantitative estimate of drug-likeness (QED) is 0.888. The Balaban J connectivity index is 1.75. The predicted molar refractivity (Wildman–Crippen MR) is 95.3 cm³/mol. The number of nitrogens with zero attached hydrogens (tertiary/aromatic N) is 5. The molecule has 0 atom stereocenters. The van der Waals surface area contributed by atoms with Crippen LogP contribution < -0.4 is 16.0 Å².